The highest BCUT2D eigenvalue weighted by Crippen LogP contribution is 2.21. The molecule has 1 aliphatic heterocycles. The molecule has 0 radical (unpaired) electrons. The van der Waals surface area contributed by atoms with Gasteiger partial charge >= 0.3 is 0 Å². The van der Waals surface area contributed by atoms with Crippen LogP contribution in [0.15, 0.2) is 30.3 Å². The summed E-state index contributed by atoms with van der Waals surface area (Å²) in [7, 11) is 0. The minimum Gasteiger partial charge on any atom is -0.396 e. The Morgan fingerprint density at radius 2 is 2.04 bits per heavy atom. The molecule has 0 aliphatic carbocycles. The molecule has 0 spiro atoms. The Bertz CT molecular complexity index is 576. The van der Waals surface area contributed by atoms with Crippen LogP contribution in [0.5, 0.6) is 0 Å². The minimum absolute atomic E-state index is 0.00462. The fourth-order valence-electron chi connectivity index (χ4n) is 3.27. The van der Waals surface area contributed by atoms with Gasteiger partial charge in [0.05, 0.1) is 12.3 Å². The quantitative estimate of drug-likeness (QED) is 0.795. The molecule has 2 rings (SSSR count). The van der Waals surface area contributed by atoms with Crippen LogP contribution in [-0.4, -0.2) is 47.1 Å². The number of carbonyl (C=O) groups excluding carboxylic acids is 2. The lowest BCUT2D eigenvalue weighted by Gasteiger charge is -2.35. The maximum absolute atomic E-state index is 12.6. The van der Waals surface area contributed by atoms with Gasteiger partial charge in [0.1, 0.15) is 0 Å². The summed E-state index contributed by atoms with van der Waals surface area (Å²) in [6.07, 6.45) is 3.34. The zero-order chi connectivity index (χ0) is 18.3. The van der Waals surface area contributed by atoms with Gasteiger partial charge in [0.15, 0.2) is 0 Å². The van der Waals surface area contributed by atoms with Gasteiger partial charge in [-0.3, -0.25) is 9.59 Å². The highest BCUT2D eigenvalue weighted by molar-refractivity contribution is 5.82. The molecule has 0 aromatic heterocycles. The second-order valence-corrected chi connectivity index (χ2v) is 7.22. The van der Waals surface area contributed by atoms with E-state index in [4.69, 9.17) is 0 Å². The average molecular weight is 346 g/mol. The molecule has 5 heteroatoms. The van der Waals surface area contributed by atoms with Crippen molar-refractivity contribution in [1.82, 2.24) is 10.2 Å². The number of benzene rings is 1. The van der Waals surface area contributed by atoms with E-state index in [2.05, 4.69) is 5.32 Å². The number of aliphatic hydroxyl groups is 1. The minimum atomic E-state index is -0.387. The lowest BCUT2D eigenvalue weighted by Crippen LogP contribution is -2.52. The van der Waals surface area contributed by atoms with E-state index >= 15 is 0 Å². The van der Waals surface area contributed by atoms with Crippen molar-refractivity contribution >= 4 is 11.8 Å². The smallest absolute Gasteiger partial charge is 0.227 e. The Morgan fingerprint density at radius 3 is 2.68 bits per heavy atom. The van der Waals surface area contributed by atoms with E-state index in [9.17, 15) is 14.7 Å². The first kappa shape index (κ1) is 19.4. The molecule has 1 aromatic rings. The molecule has 138 valence electrons. The van der Waals surface area contributed by atoms with Crippen LogP contribution in [0, 0.1) is 5.92 Å². The summed E-state index contributed by atoms with van der Waals surface area (Å²) >= 11 is 0. The van der Waals surface area contributed by atoms with Gasteiger partial charge in [-0.15, -0.1) is 0 Å². The Hall–Kier alpha value is -1.88. The molecule has 2 unspecified atom stereocenters. The Labute approximate surface area is 150 Å². The number of rotatable bonds is 7. The molecule has 2 atom stereocenters. The second kappa shape index (κ2) is 8.99. The van der Waals surface area contributed by atoms with Gasteiger partial charge in [0.25, 0.3) is 0 Å². The molecular weight excluding hydrogens is 316 g/mol. The lowest BCUT2D eigenvalue weighted by atomic mass is 9.91. The van der Waals surface area contributed by atoms with Crippen molar-refractivity contribution in [3.8, 4) is 0 Å². The highest BCUT2D eigenvalue weighted by atomic mass is 16.3. The van der Waals surface area contributed by atoms with Crippen molar-refractivity contribution < 1.29 is 14.7 Å². The number of carbonyl (C=O) groups is 2. The van der Waals surface area contributed by atoms with Gasteiger partial charge in [-0.2, -0.15) is 0 Å². The molecular formula is C20H30N2O3. The maximum atomic E-state index is 12.6. The first-order chi connectivity index (χ1) is 12.0. The van der Waals surface area contributed by atoms with E-state index in [0.717, 1.165) is 31.4 Å². The summed E-state index contributed by atoms with van der Waals surface area (Å²) in [5, 5.41) is 12.3. The van der Waals surface area contributed by atoms with Gasteiger partial charge in [0, 0.05) is 25.2 Å². The third-order valence-electron chi connectivity index (χ3n) is 5.21. The van der Waals surface area contributed by atoms with Crippen molar-refractivity contribution in [2.24, 2.45) is 5.92 Å². The van der Waals surface area contributed by atoms with Crippen molar-refractivity contribution in [2.45, 2.75) is 51.5 Å². The van der Waals surface area contributed by atoms with Gasteiger partial charge in [-0.05, 0) is 38.2 Å². The topological polar surface area (TPSA) is 69.6 Å². The first-order valence-electron chi connectivity index (χ1n) is 9.22. The predicted octanol–water partition coefficient (Wildman–Crippen LogP) is 2.13. The van der Waals surface area contributed by atoms with Gasteiger partial charge in [-0.1, -0.05) is 37.3 Å². The Kier molecular flexibility index (Phi) is 7.00. The van der Waals surface area contributed by atoms with Crippen LogP contribution in [0.3, 0.4) is 0 Å². The van der Waals surface area contributed by atoms with Crippen molar-refractivity contribution in [1.29, 1.82) is 0 Å². The van der Waals surface area contributed by atoms with Crippen molar-refractivity contribution in [3.05, 3.63) is 35.9 Å². The summed E-state index contributed by atoms with van der Waals surface area (Å²) in [4.78, 5) is 27.0. The third kappa shape index (κ3) is 5.56. The highest BCUT2D eigenvalue weighted by Gasteiger charge is 2.32. The summed E-state index contributed by atoms with van der Waals surface area (Å²) in [6.45, 7) is 5.22. The summed E-state index contributed by atoms with van der Waals surface area (Å²) in [5.41, 5.74) is 0.614. The van der Waals surface area contributed by atoms with E-state index in [-0.39, 0.29) is 29.9 Å². The summed E-state index contributed by atoms with van der Waals surface area (Å²) < 4.78 is 0. The maximum Gasteiger partial charge on any atom is 0.227 e. The molecule has 5 nitrogen and oxygen atoms in total. The van der Waals surface area contributed by atoms with E-state index in [1.54, 1.807) is 0 Å². The van der Waals surface area contributed by atoms with Crippen molar-refractivity contribution in [2.75, 3.05) is 19.7 Å². The molecule has 1 aliphatic rings. The number of nitrogens with one attached hydrogen (secondary N) is 1. The largest absolute Gasteiger partial charge is 0.396 e. The number of hydrogen-bond donors (Lipinski definition) is 2. The average Bonchev–Trinajstić information content (AvgIpc) is 2.63. The first-order valence-corrected chi connectivity index (χ1v) is 9.22. The normalized spacial score (nSPS) is 20.0. The number of amides is 2. The standard InChI is InChI=1S/C20H30N2O3/c1-3-20(2,11-13-23)21-19(25)17-10-7-12-22(15-17)18(24)14-16-8-5-4-6-9-16/h4-6,8-9,17,23H,3,7,10-15H2,1-2H3,(H,21,25). The van der Waals surface area contributed by atoms with Gasteiger partial charge < -0.3 is 15.3 Å². The summed E-state index contributed by atoms with van der Waals surface area (Å²) in [6, 6.07) is 9.71. The molecule has 1 heterocycles. The zero-order valence-corrected chi connectivity index (χ0v) is 15.3. The fraction of sp³-hybridized carbons (Fsp3) is 0.600. The SMILES string of the molecule is CCC(C)(CCO)NC(=O)C1CCCN(C(=O)Cc2ccccc2)C1. The van der Waals surface area contributed by atoms with E-state index < -0.39 is 0 Å². The second-order valence-electron chi connectivity index (χ2n) is 7.22. The Balaban J connectivity index is 1.93. The fourth-order valence-corrected chi connectivity index (χ4v) is 3.27. The number of aliphatic hydroxyl groups excluding tert-OH is 1. The van der Waals surface area contributed by atoms with Gasteiger partial charge in [-0.25, -0.2) is 0 Å². The van der Waals surface area contributed by atoms with Crippen LogP contribution in [0.1, 0.15) is 45.1 Å². The van der Waals surface area contributed by atoms with Crippen LogP contribution in [0.25, 0.3) is 0 Å². The molecule has 1 aromatic carbocycles. The monoisotopic (exact) mass is 346 g/mol. The molecule has 1 fully saturated rings. The van der Waals surface area contributed by atoms with Crippen LogP contribution in [0.2, 0.25) is 0 Å². The van der Waals surface area contributed by atoms with Gasteiger partial charge in [0.2, 0.25) is 11.8 Å². The predicted molar refractivity (Wildman–Crippen MR) is 98.0 cm³/mol. The Morgan fingerprint density at radius 1 is 1.32 bits per heavy atom. The third-order valence-corrected chi connectivity index (χ3v) is 5.21. The van der Waals surface area contributed by atoms with E-state index in [1.807, 2.05) is 49.1 Å². The van der Waals surface area contributed by atoms with E-state index in [1.165, 1.54) is 0 Å². The molecule has 1 saturated heterocycles. The number of piperidine rings is 1. The molecule has 0 saturated carbocycles. The molecule has 2 amide bonds. The van der Waals surface area contributed by atoms with Crippen LogP contribution in [-0.2, 0) is 16.0 Å². The van der Waals surface area contributed by atoms with Crippen LogP contribution >= 0.6 is 0 Å². The van der Waals surface area contributed by atoms with Crippen LogP contribution in [0.4, 0.5) is 0 Å². The number of hydrogen-bond acceptors (Lipinski definition) is 3. The molecule has 0 bridgehead atoms. The number of nitrogens with zero attached hydrogens (tertiary/aromatic N) is 1. The summed E-state index contributed by atoms with van der Waals surface area (Å²) in [5.74, 6) is -0.0923. The molecule has 25 heavy (non-hydrogen) atoms. The van der Waals surface area contributed by atoms with E-state index in [0.29, 0.717) is 19.4 Å². The molecule has 2 N–H and O–H groups in total. The zero-order valence-electron chi connectivity index (χ0n) is 15.3. The number of likely N-dealkylation sites (tertiary alicyclic amines) is 1. The lowest BCUT2D eigenvalue weighted by molar-refractivity contribution is -0.135. The van der Waals surface area contributed by atoms with Crippen LogP contribution < -0.4 is 5.32 Å². The van der Waals surface area contributed by atoms with Crippen molar-refractivity contribution in [3.63, 3.8) is 0 Å².